The number of carbonyl (C=O) groups excluding carboxylic acids is 2. The van der Waals surface area contributed by atoms with E-state index in [1.807, 2.05) is 0 Å². The first-order chi connectivity index (χ1) is 15.3. The molecule has 0 aromatic rings. The third-order valence-electron chi connectivity index (χ3n) is 4.91. The van der Waals surface area contributed by atoms with Gasteiger partial charge in [0.1, 0.15) is 6.61 Å². The van der Waals surface area contributed by atoms with Crippen molar-refractivity contribution in [2.75, 3.05) is 19.8 Å². The molecule has 0 aromatic heterocycles. The molecular formula is C23H45O8P. The van der Waals surface area contributed by atoms with Crippen LogP contribution in [0, 0.1) is 0 Å². The van der Waals surface area contributed by atoms with Crippen molar-refractivity contribution in [2.24, 2.45) is 0 Å². The van der Waals surface area contributed by atoms with Gasteiger partial charge in [0.2, 0.25) is 0 Å². The summed E-state index contributed by atoms with van der Waals surface area (Å²) in [5.74, 6) is -0.821. The van der Waals surface area contributed by atoms with Crippen LogP contribution in [0.2, 0.25) is 0 Å². The normalized spacial score (nSPS) is 14.0. The molecular weight excluding hydrogens is 435 g/mol. The van der Waals surface area contributed by atoms with Crippen molar-refractivity contribution >= 4 is 19.8 Å². The lowest BCUT2D eigenvalue weighted by Crippen LogP contribution is -2.29. The number of ether oxygens (including phenoxy) is 2. The van der Waals surface area contributed by atoms with Gasteiger partial charge in [-0.15, -0.1) is 0 Å². The Bertz CT molecular complexity index is 526. The minimum atomic E-state index is -4.24. The molecule has 2 atom stereocenters. The summed E-state index contributed by atoms with van der Waals surface area (Å²) < 4.78 is 31.9. The maximum Gasteiger partial charge on any atom is 0.472 e. The highest BCUT2D eigenvalue weighted by atomic mass is 31.2. The topological polar surface area (TPSA) is 108 Å². The van der Waals surface area contributed by atoms with E-state index >= 15 is 0 Å². The van der Waals surface area contributed by atoms with E-state index in [2.05, 4.69) is 18.4 Å². The molecule has 1 unspecified atom stereocenters. The zero-order valence-corrected chi connectivity index (χ0v) is 21.2. The second-order valence-electron chi connectivity index (χ2n) is 8.01. The minimum absolute atomic E-state index is 0.00348. The summed E-state index contributed by atoms with van der Waals surface area (Å²) in [6.45, 7) is 5.26. The zero-order valence-electron chi connectivity index (χ0n) is 20.4. The fourth-order valence-corrected chi connectivity index (χ4v) is 3.85. The average Bonchev–Trinajstić information content (AvgIpc) is 2.74. The van der Waals surface area contributed by atoms with Gasteiger partial charge in [0, 0.05) is 12.8 Å². The standard InChI is InChI=1S/C23H45O8P/c1-4-7-9-11-12-14-16-18-23(25)31-21(20-30-32(26,27)29-6-3)19-28-22(24)17-15-13-10-8-5-2/h21H,4-20H2,1-3H3,(H,26,27)/t21-/m1/s1. The van der Waals surface area contributed by atoms with Gasteiger partial charge < -0.3 is 14.4 Å². The lowest BCUT2D eigenvalue weighted by Gasteiger charge is -2.19. The summed E-state index contributed by atoms with van der Waals surface area (Å²) in [7, 11) is -4.24. The average molecular weight is 481 g/mol. The van der Waals surface area contributed by atoms with Crippen molar-refractivity contribution in [2.45, 2.75) is 117 Å². The van der Waals surface area contributed by atoms with Gasteiger partial charge in [0.25, 0.3) is 0 Å². The van der Waals surface area contributed by atoms with Crippen LogP contribution in [0.5, 0.6) is 0 Å². The highest BCUT2D eigenvalue weighted by molar-refractivity contribution is 7.47. The van der Waals surface area contributed by atoms with Gasteiger partial charge in [-0.1, -0.05) is 78.1 Å². The monoisotopic (exact) mass is 480 g/mol. The molecule has 0 aromatic carbocycles. The minimum Gasteiger partial charge on any atom is -0.462 e. The Morgan fingerprint density at radius 1 is 0.719 bits per heavy atom. The van der Waals surface area contributed by atoms with Gasteiger partial charge in [-0.25, -0.2) is 4.57 Å². The summed E-state index contributed by atoms with van der Waals surface area (Å²) in [5.41, 5.74) is 0. The zero-order chi connectivity index (χ0) is 24.1. The quantitative estimate of drug-likeness (QED) is 0.113. The second-order valence-corrected chi connectivity index (χ2v) is 9.47. The van der Waals surface area contributed by atoms with Gasteiger partial charge in [-0.3, -0.25) is 18.6 Å². The Labute approximate surface area is 194 Å². The summed E-state index contributed by atoms with van der Waals surface area (Å²) in [4.78, 5) is 33.7. The molecule has 0 heterocycles. The van der Waals surface area contributed by atoms with Crippen molar-refractivity contribution in [3.05, 3.63) is 0 Å². The highest BCUT2D eigenvalue weighted by Gasteiger charge is 2.25. The van der Waals surface area contributed by atoms with Crippen molar-refractivity contribution in [3.8, 4) is 0 Å². The first-order valence-electron chi connectivity index (χ1n) is 12.3. The third-order valence-corrected chi connectivity index (χ3v) is 5.97. The maximum absolute atomic E-state index is 12.2. The molecule has 0 saturated carbocycles. The van der Waals surface area contributed by atoms with Crippen LogP contribution in [0.25, 0.3) is 0 Å². The Hall–Kier alpha value is -0.950. The lowest BCUT2D eigenvalue weighted by molar-refractivity contribution is -0.161. The number of carbonyl (C=O) groups is 2. The van der Waals surface area contributed by atoms with Crippen LogP contribution in [-0.4, -0.2) is 42.8 Å². The van der Waals surface area contributed by atoms with E-state index in [1.165, 1.54) is 19.3 Å². The summed E-state index contributed by atoms with van der Waals surface area (Å²) in [6, 6.07) is 0. The number of esters is 2. The van der Waals surface area contributed by atoms with Crippen LogP contribution >= 0.6 is 7.82 Å². The summed E-state index contributed by atoms with van der Waals surface area (Å²) in [6.07, 6.45) is 12.2. The number of phosphoric ester groups is 1. The van der Waals surface area contributed by atoms with Crippen LogP contribution in [0.15, 0.2) is 0 Å². The van der Waals surface area contributed by atoms with Crippen LogP contribution in [0.4, 0.5) is 0 Å². The first-order valence-corrected chi connectivity index (χ1v) is 13.8. The fourth-order valence-electron chi connectivity index (χ4n) is 3.10. The van der Waals surface area contributed by atoms with Crippen molar-refractivity contribution < 1.29 is 37.6 Å². The van der Waals surface area contributed by atoms with Gasteiger partial charge >= 0.3 is 19.8 Å². The molecule has 9 heteroatoms. The number of hydrogen-bond donors (Lipinski definition) is 1. The SMILES string of the molecule is CCCCCCCCCC(=O)O[C@H](COC(=O)CCCCCCC)COP(=O)(O)OCC. The molecule has 0 bridgehead atoms. The number of phosphoric acid groups is 1. The first kappa shape index (κ1) is 31.0. The highest BCUT2D eigenvalue weighted by Crippen LogP contribution is 2.43. The summed E-state index contributed by atoms with van der Waals surface area (Å²) >= 11 is 0. The Balaban J connectivity index is 4.39. The molecule has 8 nitrogen and oxygen atoms in total. The molecule has 0 saturated heterocycles. The summed E-state index contributed by atoms with van der Waals surface area (Å²) in [5, 5.41) is 0. The fraction of sp³-hybridized carbons (Fsp3) is 0.913. The van der Waals surface area contributed by atoms with Crippen LogP contribution in [0.3, 0.4) is 0 Å². The molecule has 0 fully saturated rings. The van der Waals surface area contributed by atoms with E-state index in [-0.39, 0.29) is 32.2 Å². The van der Waals surface area contributed by atoms with Gasteiger partial charge in [-0.2, -0.15) is 0 Å². The van der Waals surface area contributed by atoms with Gasteiger partial charge in [0.05, 0.1) is 13.2 Å². The molecule has 0 aliphatic carbocycles. The predicted molar refractivity (Wildman–Crippen MR) is 124 cm³/mol. The van der Waals surface area contributed by atoms with Gasteiger partial charge in [0.15, 0.2) is 6.10 Å². The van der Waals surface area contributed by atoms with Crippen LogP contribution < -0.4 is 0 Å². The lowest BCUT2D eigenvalue weighted by atomic mass is 10.1. The molecule has 0 spiro atoms. The third kappa shape index (κ3) is 19.7. The van der Waals surface area contributed by atoms with E-state index in [1.54, 1.807) is 6.92 Å². The molecule has 190 valence electrons. The Kier molecular flexibility index (Phi) is 20.0. The van der Waals surface area contributed by atoms with E-state index < -0.39 is 19.9 Å². The molecule has 1 N–H and O–H groups in total. The van der Waals surface area contributed by atoms with Crippen LogP contribution in [-0.2, 0) is 32.7 Å². The molecule has 0 rings (SSSR count). The molecule has 32 heavy (non-hydrogen) atoms. The molecule has 0 aliphatic rings. The maximum atomic E-state index is 12.2. The Morgan fingerprint density at radius 2 is 1.22 bits per heavy atom. The predicted octanol–water partition coefficient (Wildman–Crippen LogP) is 6.10. The van der Waals surface area contributed by atoms with E-state index in [4.69, 9.17) is 14.0 Å². The second kappa shape index (κ2) is 20.6. The van der Waals surface area contributed by atoms with E-state index in [9.17, 15) is 19.0 Å². The van der Waals surface area contributed by atoms with Crippen molar-refractivity contribution in [3.63, 3.8) is 0 Å². The molecule has 0 amide bonds. The number of unbranched alkanes of at least 4 members (excludes halogenated alkanes) is 10. The van der Waals surface area contributed by atoms with E-state index in [0.717, 1.165) is 51.4 Å². The van der Waals surface area contributed by atoms with Crippen molar-refractivity contribution in [1.29, 1.82) is 0 Å². The van der Waals surface area contributed by atoms with E-state index in [0.29, 0.717) is 12.8 Å². The largest absolute Gasteiger partial charge is 0.472 e. The van der Waals surface area contributed by atoms with Gasteiger partial charge in [-0.05, 0) is 19.8 Å². The molecule has 0 radical (unpaired) electrons. The van der Waals surface area contributed by atoms with Crippen molar-refractivity contribution in [1.82, 2.24) is 0 Å². The number of hydrogen-bond acceptors (Lipinski definition) is 7. The Morgan fingerprint density at radius 3 is 1.75 bits per heavy atom. The van der Waals surface area contributed by atoms with Crippen LogP contribution in [0.1, 0.15) is 111 Å². The smallest absolute Gasteiger partial charge is 0.462 e. The number of rotatable bonds is 22. The molecule has 0 aliphatic heterocycles.